The lowest BCUT2D eigenvalue weighted by Crippen LogP contribution is -2.42. The summed E-state index contributed by atoms with van der Waals surface area (Å²) in [5.74, 6) is 3.62. The highest BCUT2D eigenvalue weighted by Gasteiger charge is 2.35. The van der Waals surface area contributed by atoms with Gasteiger partial charge in [0.2, 0.25) is 11.5 Å². The van der Waals surface area contributed by atoms with E-state index in [2.05, 4.69) is 71.1 Å². The maximum absolute atomic E-state index is 12.9. The van der Waals surface area contributed by atoms with Crippen molar-refractivity contribution >= 4 is 29.5 Å². The Bertz CT molecular complexity index is 3660. The van der Waals surface area contributed by atoms with Crippen LogP contribution in [0.4, 0.5) is 5.69 Å². The van der Waals surface area contributed by atoms with Crippen molar-refractivity contribution in [2.45, 2.75) is 246 Å². The van der Waals surface area contributed by atoms with Gasteiger partial charge in [0.1, 0.15) is 55.2 Å². The number of aliphatic hydroxyl groups is 3. The van der Waals surface area contributed by atoms with Gasteiger partial charge < -0.3 is 82.2 Å². The van der Waals surface area contributed by atoms with Crippen LogP contribution >= 0.6 is 0 Å². The van der Waals surface area contributed by atoms with Crippen molar-refractivity contribution in [2.75, 3.05) is 86.6 Å². The monoisotopic (exact) mass is 1560 g/mol. The van der Waals surface area contributed by atoms with E-state index in [9.17, 15) is 34.5 Å². The minimum Gasteiger partial charge on any atom is -0.493 e. The topological polar surface area (TPSA) is 261 Å². The predicted molar refractivity (Wildman–Crippen MR) is 441 cm³/mol. The van der Waals surface area contributed by atoms with Gasteiger partial charge in [-0.2, -0.15) is 0 Å². The molecule has 0 heterocycles. The Morgan fingerprint density at radius 3 is 1.17 bits per heavy atom. The lowest BCUT2D eigenvalue weighted by Gasteiger charge is -2.27. The number of anilines is 1. The summed E-state index contributed by atoms with van der Waals surface area (Å²) in [5.41, 5.74) is 11.7. The van der Waals surface area contributed by atoms with E-state index in [0.717, 1.165) is 86.6 Å². The van der Waals surface area contributed by atoms with Crippen molar-refractivity contribution in [1.82, 2.24) is 0 Å². The van der Waals surface area contributed by atoms with Gasteiger partial charge in [-0.1, -0.05) is 141 Å². The van der Waals surface area contributed by atoms with Crippen LogP contribution < -0.4 is 29.0 Å². The molecule has 0 spiro atoms. The number of methoxy groups -OCH3 is 4. The number of aliphatic hydroxyl groups excluding tert-OH is 3. The van der Waals surface area contributed by atoms with Crippen LogP contribution in [0.25, 0.3) is 0 Å². The molecule has 6 rings (SSSR count). The molecule has 0 radical (unpaired) electrons. The second-order valence-corrected chi connectivity index (χ2v) is 30.0. The first-order valence-electron chi connectivity index (χ1n) is 39.4. The number of amides is 1. The Balaban J connectivity index is 0.000000388. The van der Waals surface area contributed by atoms with E-state index >= 15 is 0 Å². The molecule has 0 bridgehead atoms. The zero-order valence-corrected chi connectivity index (χ0v) is 71.7. The Hall–Kier alpha value is -7.96. The molecule has 0 aliphatic rings. The first-order valence-corrected chi connectivity index (χ1v) is 39.4. The van der Waals surface area contributed by atoms with Crippen LogP contribution in [-0.2, 0) is 110 Å². The number of nitrogens with one attached hydrogen (secondary N) is 1. The number of carbonyl (C=O) groups excluding carboxylic acids is 4. The third-order valence-corrected chi connectivity index (χ3v) is 19.4. The molecule has 1 amide bonds. The molecule has 0 saturated carbocycles. The average molecular weight is 1560 g/mol. The highest BCUT2D eigenvalue weighted by molar-refractivity contribution is 5.92. The van der Waals surface area contributed by atoms with Gasteiger partial charge in [0.15, 0.2) is 0 Å². The molecule has 0 aliphatic heterocycles. The highest BCUT2D eigenvalue weighted by atomic mass is 16.6. The largest absolute Gasteiger partial charge is 0.493 e. The summed E-state index contributed by atoms with van der Waals surface area (Å²) in [6.45, 7) is 41.9. The number of carbonyl (C=O) groups is 4. The summed E-state index contributed by atoms with van der Waals surface area (Å²) in [5, 5.41) is 31.7. The summed E-state index contributed by atoms with van der Waals surface area (Å²) < 4.78 is 72.5. The van der Waals surface area contributed by atoms with Gasteiger partial charge >= 0.3 is 17.9 Å². The van der Waals surface area contributed by atoms with Crippen LogP contribution in [0.3, 0.4) is 0 Å². The highest BCUT2D eigenvalue weighted by Crippen LogP contribution is 2.36. The third kappa shape index (κ3) is 32.1. The van der Waals surface area contributed by atoms with Crippen LogP contribution in [-0.4, -0.2) is 126 Å². The minimum atomic E-state index is -1.20. The van der Waals surface area contributed by atoms with Gasteiger partial charge in [-0.25, -0.2) is 4.79 Å². The number of hydrogen-bond donors (Lipinski definition) is 4. The lowest BCUT2D eigenvalue weighted by atomic mass is 9.89. The zero-order valence-electron chi connectivity index (χ0n) is 71.7. The Morgan fingerprint density at radius 2 is 0.812 bits per heavy atom. The van der Waals surface area contributed by atoms with Gasteiger partial charge in [-0.3, -0.25) is 14.4 Å². The maximum atomic E-state index is 12.9. The van der Waals surface area contributed by atoms with Crippen LogP contribution in [0.5, 0.6) is 28.7 Å². The second kappa shape index (κ2) is 51.0. The molecular weight excluding hydrogens is 1430 g/mol. The second-order valence-electron chi connectivity index (χ2n) is 30.0. The molecule has 112 heavy (non-hydrogen) atoms. The first kappa shape index (κ1) is 98.2. The summed E-state index contributed by atoms with van der Waals surface area (Å²) in [6, 6.07) is 31.6. The number of ether oxygens (including phenoxy) is 13. The molecule has 0 fully saturated rings. The van der Waals surface area contributed by atoms with E-state index in [1.807, 2.05) is 142 Å². The van der Waals surface area contributed by atoms with Crippen molar-refractivity contribution in [2.24, 2.45) is 10.8 Å². The Labute approximate surface area is 669 Å². The van der Waals surface area contributed by atoms with Gasteiger partial charge in [-0.05, 0) is 170 Å². The SMILES string of the molecule is CCC(C)(C)C(=O)OCCOc1c(COC)cc(C)cc1COC.CCC(C)c1ccc(OC(=O)C(C)(C)Oc2c(COC)cc(C)cc2COC)cc1.CCC(C)c1ccc(OCCC(=O)Nc2c(CO)cc(C(C)C)cc2CO)cc1.CCOCc1cc(C(C)C)cc(COCC)c1OCCOC(=O)C(C)(CC)CO. The van der Waals surface area contributed by atoms with Gasteiger partial charge in [0, 0.05) is 86.2 Å². The molecule has 3 unspecified atom stereocenters. The van der Waals surface area contributed by atoms with Crippen molar-refractivity contribution in [3.05, 3.63) is 175 Å². The number of esters is 3. The van der Waals surface area contributed by atoms with Gasteiger partial charge in [0.05, 0.1) is 89.0 Å². The third-order valence-electron chi connectivity index (χ3n) is 19.4. The Kier molecular flexibility index (Phi) is 44.7. The average Bonchev–Trinajstić information content (AvgIpc) is 0.830. The van der Waals surface area contributed by atoms with E-state index in [1.54, 1.807) is 49.2 Å². The maximum Gasteiger partial charge on any atom is 0.355 e. The molecule has 0 saturated heterocycles. The molecule has 21 nitrogen and oxygen atoms in total. The molecular formula is C91H135NO20. The number of benzene rings is 6. The molecule has 0 aromatic heterocycles. The molecule has 0 aliphatic carbocycles. The van der Waals surface area contributed by atoms with Crippen LogP contribution in [0.1, 0.15) is 251 Å². The van der Waals surface area contributed by atoms with Crippen LogP contribution in [0.2, 0.25) is 0 Å². The predicted octanol–water partition coefficient (Wildman–Crippen LogP) is 18.1. The van der Waals surface area contributed by atoms with E-state index in [0.29, 0.717) is 112 Å². The number of hydrogen-bond acceptors (Lipinski definition) is 20. The van der Waals surface area contributed by atoms with Crippen molar-refractivity contribution in [3.63, 3.8) is 0 Å². The summed E-state index contributed by atoms with van der Waals surface area (Å²) in [4.78, 5) is 49.5. The van der Waals surface area contributed by atoms with E-state index in [4.69, 9.17) is 61.6 Å². The molecule has 21 heteroatoms. The first-order chi connectivity index (χ1) is 53.3. The molecule has 624 valence electrons. The molecule has 6 aromatic carbocycles. The molecule has 6 aromatic rings. The van der Waals surface area contributed by atoms with Crippen LogP contribution in [0, 0.1) is 24.7 Å². The summed E-state index contributed by atoms with van der Waals surface area (Å²) >= 11 is 0. The quantitative estimate of drug-likeness (QED) is 0.0157. The lowest BCUT2D eigenvalue weighted by molar-refractivity contribution is -0.158. The van der Waals surface area contributed by atoms with Crippen molar-refractivity contribution in [3.8, 4) is 28.7 Å². The molecule has 3 atom stereocenters. The number of rotatable bonds is 44. The fourth-order valence-electron chi connectivity index (χ4n) is 11.3. The van der Waals surface area contributed by atoms with Gasteiger partial charge in [-0.15, -0.1) is 0 Å². The van der Waals surface area contributed by atoms with Crippen molar-refractivity contribution in [1.29, 1.82) is 0 Å². The minimum absolute atomic E-state index is 0.114. The fraction of sp³-hybridized carbons (Fsp3) is 0.560. The smallest absolute Gasteiger partial charge is 0.355 e. The Morgan fingerprint density at radius 1 is 0.429 bits per heavy atom. The van der Waals surface area contributed by atoms with E-state index in [-0.39, 0.29) is 70.5 Å². The van der Waals surface area contributed by atoms with E-state index in [1.165, 1.54) is 16.7 Å². The summed E-state index contributed by atoms with van der Waals surface area (Å²) in [7, 11) is 6.56. The normalized spacial score (nSPS) is 12.4. The van der Waals surface area contributed by atoms with Crippen molar-refractivity contribution < 1.29 is 96.1 Å². The van der Waals surface area contributed by atoms with Gasteiger partial charge in [0.25, 0.3) is 0 Å². The fourth-order valence-corrected chi connectivity index (χ4v) is 11.3. The van der Waals surface area contributed by atoms with Crippen LogP contribution in [0.15, 0.2) is 97.1 Å². The molecule has 4 N–H and O–H groups in total. The summed E-state index contributed by atoms with van der Waals surface area (Å²) in [6.07, 6.45) is 3.57. The number of aryl methyl sites for hydroxylation is 2. The van der Waals surface area contributed by atoms with E-state index < -0.39 is 28.4 Å². The zero-order chi connectivity index (χ0) is 83.7. The standard InChI is InChI=1S/C25H34O5.C24H33NO4.C23H38O6.C19H30O5/c1-8-18(3)19-9-11-22(12-10-19)29-24(26)25(4,5)30-23-20(15-27-6)13-17(2)14-21(23)16-28-7;1-5-17(4)18-6-8-22(9-7-18)29-11-10-23(28)25-24-20(14-26)12-19(16(2)3)13-21(24)15-27;1-7-23(6,16-24)22(25)29-11-10-28-21-19(14-26-8-2)12-18(17(4)5)13-20(21)15-27-9-3;1-7-19(3,4)18(20)24-9-8-23-17-15(12-21-5)10-14(2)11-16(17)13-22-6/h9-14,18H,8,15-16H2,1-7H3;6-9,12-13,16-17,26-27H,5,10-11,14-15H2,1-4H3,(H,25,28);12-13,17,24H,7-11,14-16H2,1-6H3;10-11H,7-9,12-13H2,1-6H3.